The predicted octanol–water partition coefficient (Wildman–Crippen LogP) is 5.32. The highest BCUT2D eigenvalue weighted by Crippen LogP contribution is 2.37. The normalized spacial score (nSPS) is 14.1. The molecular weight excluding hydrogens is 318 g/mol. The van der Waals surface area contributed by atoms with E-state index >= 15 is 0 Å². The monoisotopic (exact) mass is 335 g/mol. The Morgan fingerprint density at radius 3 is 2.46 bits per heavy atom. The lowest BCUT2D eigenvalue weighted by Gasteiger charge is -2.07. The number of aromatic amines is 1. The first-order chi connectivity index (χ1) is 12.9. The molecule has 26 heavy (non-hydrogen) atoms. The Morgan fingerprint density at radius 2 is 1.62 bits per heavy atom. The highest BCUT2D eigenvalue weighted by Gasteiger charge is 2.22. The van der Waals surface area contributed by atoms with Gasteiger partial charge in [-0.2, -0.15) is 0 Å². The molecule has 0 atom stereocenters. The molecule has 0 saturated carbocycles. The number of aromatic nitrogens is 2. The van der Waals surface area contributed by atoms with Crippen molar-refractivity contribution in [1.29, 1.82) is 0 Å². The van der Waals surface area contributed by atoms with Crippen LogP contribution in [0.5, 0.6) is 0 Å². The molecule has 4 aromatic rings. The van der Waals surface area contributed by atoms with E-state index in [9.17, 15) is 0 Å². The molecule has 0 amide bonds. The van der Waals surface area contributed by atoms with Crippen LogP contribution in [-0.2, 0) is 0 Å². The summed E-state index contributed by atoms with van der Waals surface area (Å²) in [6.07, 6.45) is 6.45. The zero-order valence-corrected chi connectivity index (χ0v) is 14.2. The first kappa shape index (κ1) is 14.8. The minimum absolute atomic E-state index is 0.827. The van der Waals surface area contributed by atoms with E-state index in [2.05, 4.69) is 58.5 Å². The average molecular weight is 335 g/mol. The Balaban J connectivity index is 1.65. The van der Waals surface area contributed by atoms with Crippen LogP contribution in [0.25, 0.3) is 22.2 Å². The predicted molar refractivity (Wildman–Crippen MR) is 107 cm³/mol. The van der Waals surface area contributed by atoms with E-state index < -0.39 is 0 Å². The quantitative estimate of drug-likeness (QED) is 0.540. The molecule has 3 heterocycles. The number of benzene rings is 2. The van der Waals surface area contributed by atoms with E-state index in [1.54, 1.807) is 0 Å². The Labute approximate surface area is 151 Å². The van der Waals surface area contributed by atoms with Gasteiger partial charge in [0.05, 0.1) is 11.4 Å². The largest absolute Gasteiger partial charge is 0.361 e. The average Bonchev–Trinajstić information content (AvgIpc) is 3.36. The van der Waals surface area contributed by atoms with Gasteiger partial charge in [-0.25, -0.2) is 0 Å². The molecule has 3 nitrogen and oxygen atoms in total. The molecule has 1 aliphatic rings. The Morgan fingerprint density at radius 1 is 0.769 bits per heavy atom. The first-order valence-corrected chi connectivity index (χ1v) is 8.72. The summed E-state index contributed by atoms with van der Waals surface area (Å²) in [6, 6.07) is 23.1. The molecule has 0 saturated heterocycles. The van der Waals surface area contributed by atoms with Gasteiger partial charge in [-0.3, -0.25) is 9.98 Å². The minimum Gasteiger partial charge on any atom is -0.361 e. The number of rotatable bonds is 3. The second-order valence-electron chi connectivity index (χ2n) is 6.44. The van der Waals surface area contributed by atoms with E-state index in [1.165, 1.54) is 22.1 Å². The van der Waals surface area contributed by atoms with Crippen molar-refractivity contribution in [3.05, 3.63) is 102 Å². The van der Waals surface area contributed by atoms with Gasteiger partial charge in [0, 0.05) is 36.1 Å². The lowest BCUT2D eigenvalue weighted by Crippen LogP contribution is -1.97. The standard InChI is InChI=1S/C23H17N3/c1-2-4-16(5-3-1)22-15-20(23(26-22)18-8-11-24-12-9-18)19-7-6-17-10-13-25-21(17)14-19/h1-14,25H,15H2. The van der Waals surface area contributed by atoms with Crippen LogP contribution in [0.15, 0.2) is 90.3 Å². The zero-order valence-electron chi connectivity index (χ0n) is 14.2. The molecule has 0 radical (unpaired) electrons. The van der Waals surface area contributed by atoms with Gasteiger partial charge >= 0.3 is 0 Å². The van der Waals surface area contributed by atoms with Gasteiger partial charge in [0.1, 0.15) is 0 Å². The van der Waals surface area contributed by atoms with Gasteiger partial charge in [-0.05, 0) is 46.4 Å². The SMILES string of the molecule is c1ccc(C2=NC(c3ccncc3)=C(c3ccc4cc[nH]c4c3)C2)cc1. The van der Waals surface area contributed by atoms with Crippen LogP contribution < -0.4 is 0 Å². The molecule has 0 unspecified atom stereocenters. The highest BCUT2D eigenvalue weighted by atomic mass is 14.8. The zero-order chi connectivity index (χ0) is 17.3. The van der Waals surface area contributed by atoms with Gasteiger partial charge in [-0.1, -0.05) is 42.5 Å². The molecule has 124 valence electrons. The number of fused-ring (bicyclic) bond motifs is 1. The summed E-state index contributed by atoms with van der Waals surface area (Å²) in [5, 5.41) is 1.22. The van der Waals surface area contributed by atoms with Crippen LogP contribution in [-0.4, -0.2) is 15.7 Å². The number of H-pyrrole nitrogens is 1. The summed E-state index contributed by atoms with van der Waals surface area (Å²) in [5.74, 6) is 0. The summed E-state index contributed by atoms with van der Waals surface area (Å²) in [5.41, 5.74) is 8.05. The topological polar surface area (TPSA) is 41.0 Å². The maximum absolute atomic E-state index is 5.01. The van der Waals surface area contributed by atoms with Crippen molar-refractivity contribution in [2.24, 2.45) is 4.99 Å². The fourth-order valence-corrected chi connectivity index (χ4v) is 3.51. The molecule has 0 aliphatic carbocycles. The van der Waals surface area contributed by atoms with Gasteiger partial charge in [0.15, 0.2) is 0 Å². The number of allylic oxidation sites excluding steroid dienone is 1. The summed E-state index contributed by atoms with van der Waals surface area (Å²) in [4.78, 5) is 12.5. The van der Waals surface area contributed by atoms with Crippen LogP contribution in [0.4, 0.5) is 0 Å². The van der Waals surface area contributed by atoms with Gasteiger partial charge in [-0.15, -0.1) is 0 Å². The Kier molecular flexibility index (Phi) is 3.49. The summed E-state index contributed by atoms with van der Waals surface area (Å²) >= 11 is 0. The van der Waals surface area contributed by atoms with Gasteiger partial charge < -0.3 is 4.98 Å². The van der Waals surface area contributed by atoms with E-state index in [-0.39, 0.29) is 0 Å². The number of aliphatic imine (C=N–C) groups is 1. The maximum Gasteiger partial charge on any atom is 0.0748 e. The highest BCUT2D eigenvalue weighted by molar-refractivity contribution is 6.17. The van der Waals surface area contributed by atoms with Crippen molar-refractivity contribution in [2.45, 2.75) is 6.42 Å². The fourth-order valence-electron chi connectivity index (χ4n) is 3.51. The number of nitrogens with one attached hydrogen (secondary N) is 1. The molecule has 2 aromatic heterocycles. The Bertz CT molecular complexity index is 1140. The second kappa shape index (κ2) is 6.12. The van der Waals surface area contributed by atoms with E-state index in [0.717, 1.165) is 28.9 Å². The fraction of sp³-hybridized carbons (Fsp3) is 0.0435. The van der Waals surface area contributed by atoms with Gasteiger partial charge in [0.2, 0.25) is 0 Å². The molecule has 0 fully saturated rings. The van der Waals surface area contributed by atoms with Crippen molar-refractivity contribution in [3.63, 3.8) is 0 Å². The molecule has 1 aliphatic heterocycles. The summed E-state index contributed by atoms with van der Waals surface area (Å²) in [7, 11) is 0. The van der Waals surface area contributed by atoms with Gasteiger partial charge in [0.25, 0.3) is 0 Å². The van der Waals surface area contributed by atoms with Crippen LogP contribution in [0.2, 0.25) is 0 Å². The first-order valence-electron chi connectivity index (χ1n) is 8.72. The van der Waals surface area contributed by atoms with Crippen molar-refractivity contribution < 1.29 is 0 Å². The van der Waals surface area contributed by atoms with E-state index in [0.29, 0.717) is 0 Å². The van der Waals surface area contributed by atoms with E-state index in [4.69, 9.17) is 4.99 Å². The smallest absolute Gasteiger partial charge is 0.0748 e. The molecule has 2 aromatic carbocycles. The number of nitrogens with zero attached hydrogens (tertiary/aromatic N) is 2. The van der Waals surface area contributed by atoms with Crippen molar-refractivity contribution in [2.75, 3.05) is 0 Å². The maximum atomic E-state index is 5.01. The van der Waals surface area contributed by atoms with Crippen molar-refractivity contribution in [1.82, 2.24) is 9.97 Å². The molecule has 5 rings (SSSR count). The third-order valence-electron chi connectivity index (χ3n) is 4.84. The van der Waals surface area contributed by atoms with Crippen LogP contribution in [0, 0.1) is 0 Å². The molecule has 0 spiro atoms. The second-order valence-corrected chi connectivity index (χ2v) is 6.44. The van der Waals surface area contributed by atoms with Crippen LogP contribution in [0.1, 0.15) is 23.1 Å². The number of hydrogen-bond acceptors (Lipinski definition) is 2. The molecule has 1 N–H and O–H groups in total. The molecule has 3 heteroatoms. The third-order valence-corrected chi connectivity index (χ3v) is 4.84. The summed E-state index contributed by atoms with van der Waals surface area (Å²) in [6.45, 7) is 0. The lowest BCUT2D eigenvalue weighted by atomic mass is 9.95. The number of hydrogen-bond donors (Lipinski definition) is 1. The van der Waals surface area contributed by atoms with Crippen molar-refractivity contribution in [3.8, 4) is 0 Å². The Hall–Kier alpha value is -3.46. The minimum atomic E-state index is 0.827. The van der Waals surface area contributed by atoms with Crippen LogP contribution >= 0.6 is 0 Å². The number of pyridine rings is 1. The molecular formula is C23H17N3. The van der Waals surface area contributed by atoms with Crippen molar-refractivity contribution >= 4 is 27.9 Å². The lowest BCUT2D eigenvalue weighted by molar-refractivity contribution is 1.31. The molecule has 0 bridgehead atoms. The van der Waals surface area contributed by atoms with E-state index in [1.807, 2.05) is 36.8 Å². The van der Waals surface area contributed by atoms with Crippen LogP contribution in [0.3, 0.4) is 0 Å². The summed E-state index contributed by atoms with van der Waals surface area (Å²) < 4.78 is 0. The third kappa shape index (κ3) is 2.54.